The molecule has 0 atom stereocenters. The van der Waals surface area contributed by atoms with E-state index in [4.69, 9.17) is 0 Å². The maximum absolute atomic E-state index is 12.3. The SMILES string of the molecule is Cc1c(C(=O)Nc2ccccc2)sc2ccccc12. The van der Waals surface area contributed by atoms with Gasteiger partial charge in [0, 0.05) is 10.4 Å². The van der Waals surface area contributed by atoms with Gasteiger partial charge < -0.3 is 5.32 Å². The molecule has 0 saturated carbocycles. The zero-order valence-corrected chi connectivity index (χ0v) is 11.3. The van der Waals surface area contributed by atoms with Crippen LogP contribution in [0.5, 0.6) is 0 Å². The van der Waals surface area contributed by atoms with Crippen LogP contribution < -0.4 is 5.32 Å². The van der Waals surface area contributed by atoms with Gasteiger partial charge in [-0.3, -0.25) is 4.79 Å². The van der Waals surface area contributed by atoms with Crippen LogP contribution in [0.1, 0.15) is 15.2 Å². The molecule has 0 aliphatic rings. The average molecular weight is 267 g/mol. The van der Waals surface area contributed by atoms with Gasteiger partial charge in [0.05, 0.1) is 4.88 Å². The second kappa shape index (κ2) is 4.86. The van der Waals surface area contributed by atoms with Gasteiger partial charge in [-0.15, -0.1) is 11.3 Å². The normalized spacial score (nSPS) is 10.6. The number of benzene rings is 2. The van der Waals surface area contributed by atoms with E-state index in [9.17, 15) is 4.79 Å². The maximum Gasteiger partial charge on any atom is 0.266 e. The highest BCUT2D eigenvalue weighted by Crippen LogP contribution is 2.30. The molecule has 0 saturated heterocycles. The van der Waals surface area contributed by atoms with E-state index in [0.29, 0.717) is 0 Å². The second-order valence-electron chi connectivity index (χ2n) is 4.37. The highest BCUT2D eigenvalue weighted by molar-refractivity contribution is 7.21. The summed E-state index contributed by atoms with van der Waals surface area (Å²) < 4.78 is 1.15. The Kier molecular flexibility index (Phi) is 3.05. The van der Waals surface area contributed by atoms with Crippen molar-refractivity contribution in [3.8, 4) is 0 Å². The molecule has 2 aromatic carbocycles. The molecule has 0 radical (unpaired) electrons. The minimum Gasteiger partial charge on any atom is -0.321 e. The second-order valence-corrected chi connectivity index (χ2v) is 5.42. The summed E-state index contributed by atoms with van der Waals surface area (Å²) in [7, 11) is 0. The molecule has 1 aromatic heterocycles. The number of anilines is 1. The third-order valence-corrected chi connectivity index (χ3v) is 4.35. The molecule has 0 bridgehead atoms. The zero-order valence-electron chi connectivity index (χ0n) is 10.5. The first-order valence-corrected chi connectivity index (χ1v) is 6.92. The zero-order chi connectivity index (χ0) is 13.2. The van der Waals surface area contributed by atoms with E-state index in [0.717, 1.165) is 26.2 Å². The number of thiophene rings is 1. The number of aryl methyl sites for hydroxylation is 1. The minimum atomic E-state index is -0.0371. The van der Waals surface area contributed by atoms with Crippen molar-refractivity contribution in [3.05, 3.63) is 65.0 Å². The van der Waals surface area contributed by atoms with E-state index in [-0.39, 0.29) is 5.91 Å². The molecule has 0 aliphatic carbocycles. The topological polar surface area (TPSA) is 29.1 Å². The van der Waals surface area contributed by atoms with Gasteiger partial charge in [0.2, 0.25) is 0 Å². The minimum absolute atomic E-state index is 0.0371. The Morgan fingerprint density at radius 2 is 1.68 bits per heavy atom. The molecule has 19 heavy (non-hydrogen) atoms. The van der Waals surface area contributed by atoms with Crippen molar-refractivity contribution < 1.29 is 4.79 Å². The Bertz CT molecular complexity index is 731. The van der Waals surface area contributed by atoms with Crippen molar-refractivity contribution in [2.75, 3.05) is 5.32 Å². The molecule has 2 nitrogen and oxygen atoms in total. The lowest BCUT2D eigenvalue weighted by Gasteiger charge is -2.03. The van der Waals surface area contributed by atoms with Gasteiger partial charge in [-0.25, -0.2) is 0 Å². The van der Waals surface area contributed by atoms with Crippen LogP contribution in [0.15, 0.2) is 54.6 Å². The summed E-state index contributed by atoms with van der Waals surface area (Å²) in [6, 6.07) is 17.6. The van der Waals surface area contributed by atoms with Gasteiger partial charge in [-0.1, -0.05) is 36.4 Å². The first-order chi connectivity index (χ1) is 9.25. The lowest BCUT2D eigenvalue weighted by atomic mass is 10.1. The van der Waals surface area contributed by atoms with Crippen LogP contribution in [0.4, 0.5) is 5.69 Å². The number of para-hydroxylation sites is 1. The highest BCUT2D eigenvalue weighted by atomic mass is 32.1. The predicted molar refractivity (Wildman–Crippen MR) is 81.0 cm³/mol. The fourth-order valence-corrected chi connectivity index (χ4v) is 3.20. The van der Waals surface area contributed by atoms with E-state index >= 15 is 0 Å². The Morgan fingerprint density at radius 1 is 1.00 bits per heavy atom. The fourth-order valence-electron chi connectivity index (χ4n) is 2.10. The molecule has 0 fully saturated rings. The summed E-state index contributed by atoms with van der Waals surface area (Å²) >= 11 is 1.54. The van der Waals surface area contributed by atoms with Gasteiger partial charge in [0.1, 0.15) is 0 Å². The molecule has 3 rings (SSSR count). The number of fused-ring (bicyclic) bond motifs is 1. The van der Waals surface area contributed by atoms with Gasteiger partial charge >= 0.3 is 0 Å². The fraction of sp³-hybridized carbons (Fsp3) is 0.0625. The van der Waals surface area contributed by atoms with Gasteiger partial charge in [0.15, 0.2) is 0 Å². The summed E-state index contributed by atoms with van der Waals surface area (Å²) in [6.45, 7) is 2.00. The number of rotatable bonds is 2. The number of nitrogens with one attached hydrogen (secondary N) is 1. The quantitative estimate of drug-likeness (QED) is 0.729. The number of hydrogen-bond donors (Lipinski definition) is 1. The van der Waals surface area contributed by atoms with E-state index in [1.807, 2.05) is 55.5 Å². The summed E-state index contributed by atoms with van der Waals surface area (Å²) in [5.41, 5.74) is 1.87. The predicted octanol–water partition coefficient (Wildman–Crippen LogP) is 4.46. The largest absolute Gasteiger partial charge is 0.321 e. The monoisotopic (exact) mass is 267 g/mol. The van der Waals surface area contributed by atoms with Crippen molar-refractivity contribution >= 4 is 33.0 Å². The van der Waals surface area contributed by atoms with E-state index < -0.39 is 0 Å². The number of hydrogen-bond acceptors (Lipinski definition) is 2. The maximum atomic E-state index is 12.3. The Balaban J connectivity index is 1.96. The molecule has 0 unspecified atom stereocenters. The summed E-state index contributed by atoms with van der Waals surface area (Å²) in [5.74, 6) is -0.0371. The molecule has 1 N–H and O–H groups in total. The Labute approximate surface area is 115 Å². The van der Waals surface area contributed by atoms with Crippen LogP contribution in [0.2, 0.25) is 0 Å². The van der Waals surface area contributed by atoms with Gasteiger partial charge in [-0.05, 0) is 36.1 Å². The third kappa shape index (κ3) is 2.25. The van der Waals surface area contributed by atoms with Gasteiger partial charge in [0.25, 0.3) is 5.91 Å². The molecule has 1 amide bonds. The highest BCUT2D eigenvalue weighted by Gasteiger charge is 2.14. The van der Waals surface area contributed by atoms with Crippen LogP contribution >= 0.6 is 11.3 Å². The van der Waals surface area contributed by atoms with Crippen molar-refractivity contribution in [2.24, 2.45) is 0 Å². The van der Waals surface area contributed by atoms with Crippen LogP contribution in [-0.2, 0) is 0 Å². The van der Waals surface area contributed by atoms with E-state index in [2.05, 4.69) is 11.4 Å². The van der Waals surface area contributed by atoms with E-state index in [1.54, 1.807) is 0 Å². The van der Waals surface area contributed by atoms with E-state index in [1.165, 1.54) is 11.3 Å². The molecule has 1 heterocycles. The van der Waals surface area contributed by atoms with Crippen LogP contribution in [0, 0.1) is 6.92 Å². The average Bonchev–Trinajstić information content (AvgIpc) is 2.78. The lowest BCUT2D eigenvalue weighted by Crippen LogP contribution is -2.11. The summed E-state index contributed by atoms with van der Waals surface area (Å²) in [6.07, 6.45) is 0. The lowest BCUT2D eigenvalue weighted by molar-refractivity contribution is 0.103. The first-order valence-electron chi connectivity index (χ1n) is 6.10. The molecule has 94 valence electrons. The number of carbonyl (C=O) groups excluding carboxylic acids is 1. The Hall–Kier alpha value is -2.13. The van der Waals surface area contributed by atoms with Gasteiger partial charge in [-0.2, -0.15) is 0 Å². The molecule has 0 spiro atoms. The number of amides is 1. The van der Waals surface area contributed by atoms with Crippen LogP contribution in [0.25, 0.3) is 10.1 Å². The van der Waals surface area contributed by atoms with Crippen molar-refractivity contribution in [3.63, 3.8) is 0 Å². The smallest absolute Gasteiger partial charge is 0.266 e. The third-order valence-electron chi connectivity index (χ3n) is 3.08. The Morgan fingerprint density at radius 3 is 2.42 bits per heavy atom. The first kappa shape index (κ1) is 11.9. The van der Waals surface area contributed by atoms with Crippen LogP contribution in [0.3, 0.4) is 0 Å². The van der Waals surface area contributed by atoms with Crippen molar-refractivity contribution in [1.82, 2.24) is 0 Å². The van der Waals surface area contributed by atoms with Crippen molar-refractivity contribution in [1.29, 1.82) is 0 Å². The molecular formula is C16H13NOS. The van der Waals surface area contributed by atoms with Crippen LogP contribution in [-0.4, -0.2) is 5.91 Å². The molecular weight excluding hydrogens is 254 g/mol. The molecule has 0 aliphatic heterocycles. The summed E-state index contributed by atoms with van der Waals surface area (Å²) in [4.78, 5) is 13.1. The standard InChI is InChI=1S/C16H13NOS/c1-11-13-9-5-6-10-14(13)19-15(11)16(18)17-12-7-3-2-4-8-12/h2-10H,1H3,(H,17,18). The summed E-state index contributed by atoms with van der Waals surface area (Å²) in [5, 5.41) is 4.09. The molecule has 3 aromatic rings. The number of carbonyl (C=O) groups is 1. The molecule has 3 heteroatoms. The van der Waals surface area contributed by atoms with Crippen molar-refractivity contribution in [2.45, 2.75) is 6.92 Å².